The van der Waals surface area contributed by atoms with Crippen LogP contribution in [0.15, 0.2) is 54.6 Å². The second kappa shape index (κ2) is 8.61. The summed E-state index contributed by atoms with van der Waals surface area (Å²) in [6.45, 7) is 0. The third kappa shape index (κ3) is 5.18. The molecule has 0 fully saturated rings. The zero-order chi connectivity index (χ0) is 17.5. The van der Waals surface area contributed by atoms with Gasteiger partial charge in [-0.2, -0.15) is 0 Å². The van der Waals surface area contributed by atoms with E-state index in [2.05, 4.69) is 10.6 Å². The summed E-state index contributed by atoms with van der Waals surface area (Å²) < 4.78 is 25.8. The molecule has 0 unspecified atom stereocenters. The van der Waals surface area contributed by atoms with Gasteiger partial charge in [0.05, 0.1) is 16.8 Å². The van der Waals surface area contributed by atoms with Crippen molar-refractivity contribution in [1.82, 2.24) is 5.32 Å². The Hall–Kier alpha value is -2.18. The van der Waals surface area contributed by atoms with E-state index >= 15 is 0 Å². The molecule has 0 bridgehead atoms. The molecule has 0 radical (unpaired) electrons. The topological polar surface area (TPSA) is 61.4 Å². The van der Waals surface area contributed by atoms with Gasteiger partial charge in [0.2, 0.25) is 0 Å². The van der Waals surface area contributed by atoms with Gasteiger partial charge >= 0.3 is 6.03 Å². The number of urea groups is 1. The van der Waals surface area contributed by atoms with E-state index in [1.807, 2.05) is 0 Å². The van der Waals surface area contributed by atoms with Gasteiger partial charge in [0, 0.05) is 0 Å². The molecule has 0 saturated heterocycles. The first-order chi connectivity index (χ1) is 11.5. The third-order valence-electron chi connectivity index (χ3n) is 3.41. The summed E-state index contributed by atoms with van der Waals surface area (Å²) in [5.41, 5.74) is 1.07. The zero-order valence-electron chi connectivity index (χ0n) is 12.6. The van der Waals surface area contributed by atoms with Crippen LogP contribution in [0.1, 0.15) is 5.56 Å². The zero-order valence-corrected chi connectivity index (χ0v) is 13.4. The van der Waals surface area contributed by atoms with Crippen molar-refractivity contribution in [3.05, 3.63) is 65.2 Å². The Kier molecular flexibility index (Phi) is 6.52. The van der Waals surface area contributed by atoms with Crippen LogP contribution in [0.3, 0.4) is 0 Å². The van der Waals surface area contributed by atoms with Gasteiger partial charge in [0.25, 0.3) is 6.43 Å². The van der Waals surface area contributed by atoms with Crippen LogP contribution < -0.4 is 10.6 Å². The number of carbonyl (C=O) groups excluding carboxylic acids is 1. The highest BCUT2D eigenvalue weighted by Gasteiger charge is 2.29. The van der Waals surface area contributed by atoms with Gasteiger partial charge in [-0.15, -0.1) is 0 Å². The molecule has 0 aromatic heterocycles. The molecule has 0 aliphatic rings. The summed E-state index contributed by atoms with van der Waals surface area (Å²) in [4.78, 5) is 12.1. The predicted octanol–water partition coefficient (Wildman–Crippen LogP) is 3.70. The maximum Gasteiger partial charge on any atom is 0.319 e. The first kappa shape index (κ1) is 18.2. The fourth-order valence-electron chi connectivity index (χ4n) is 2.19. The number of anilines is 1. The van der Waals surface area contributed by atoms with E-state index in [9.17, 15) is 18.7 Å². The van der Waals surface area contributed by atoms with Gasteiger partial charge in [-0.1, -0.05) is 54.1 Å². The second-order valence-electron chi connectivity index (χ2n) is 5.20. The van der Waals surface area contributed by atoms with Crippen molar-refractivity contribution in [2.24, 2.45) is 0 Å². The van der Waals surface area contributed by atoms with E-state index in [-0.39, 0.29) is 6.42 Å². The highest BCUT2D eigenvalue weighted by Crippen LogP contribution is 2.20. The molecular formula is C17H17ClF2N2O2. The summed E-state index contributed by atoms with van der Waals surface area (Å²) in [6.07, 6.45) is -4.89. The fourth-order valence-corrected chi connectivity index (χ4v) is 2.37. The molecule has 0 aliphatic carbocycles. The summed E-state index contributed by atoms with van der Waals surface area (Å²) in [5, 5.41) is 14.9. The van der Waals surface area contributed by atoms with Gasteiger partial charge in [-0.25, -0.2) is 13.6 Å². The van der Waals surface area contributed by atoms with E-state index in [0.29, 0.717) is 10.7 Å². The predicted molar refractivity (Wildman–Crippen MR) is 89.6 cm³/mol. The van der Waals surface area contributed by atoms with Crippen molar-refractivity contribution in [3.8, 4) is 0 Å². The van der Waals surface area contributed by atoms with Gasteiger partial charge in [0.15, 0.2) is 0 Å². The van der Waals surface area contributed by atoms with Crippen LogP contribution in [0.5, 0.6) is 0 Å². The number of rotatable bonds is 6. The Morgan fingerprint density at radius 1 is 1.08 bits per heavy atom. The molecule has 2 atom stereocenters. The lowest BCUT2D eigenvalue weighted by Gasteiger charge is -2.24. The maximum absolute atomic E-state index is 12.9. The van der Waals surface area contributed by atoms with Crippen LogP contribution in [0.25, 0.3) is 0 Å². The van der Waals surface area contributed by atoms with Gasteiger partial charge in [-0.3, -0.25) is 0 Å². The van der Waals surface area contributed by atoms with Crippen molar-refractivity contribution in [2.45, 2.75) is 25.0 Å². The Morgan fingerprint density at radius 2 is 1.71 bits per heavy atom. The minimum Gasteiger partial charge on any atom is -0.385 e. The van der Waals surface area contributed by atoms with Crippen LogP contribution in [0, 0.1) is 0 Å². The normalized spacial score (nSPS) is 13.4. The molecule has 7 heteroatoms. The maximum atomic E-state index is 12.9. The lowest BCUT2D eigenvalue weighted by atomic mass is 10.0. The van der Waals surface area contributed by atoms with E-state index in [1.165, 1.54) is 0 Å². The summed E-state index contributed by atoms with van der Waals surface area (Å²) >= 11 is 5.94. The number of nitrogens with one attached hydrogen (secondary N) is 2. The number of halogens is 3. The van der Waals surface area contributed by atoms with E-state index < -0.39 is 24.6 Å². The van der Waals surface area contributed by atoms with Gasteiger partial charge < -0.3 is 15.7 Å². The molecule has 2 aromatic rings. The SMILES string of the molecule is O=C(Nc1ccccc1Cl)N[C@H](Cc1ccccc1)[C@@H](O)C(F)F. The Morgan fingerprint density at radius 3 is 2.33 bits per heavy atom. The van der Waals surface area contributed by atoms with Crippen molar-refractivity contribution >= 4 is 23.3 Å². The number of aliphatic hydroxyl groups is 1. The standard InChI is InChI=1S/C17H17ClF2N2O2/c18-12-8-4-5-9-13(12)21-17(24)22-14(15(23)16(19)20)10-11-6-2-1-3-7-11/h1-9,14-16,23H,10H2,(H2,21,22,24)/t14-,15-/m1/s1. The second-order valence-corrected chi connectivity index (χ2v) is 5.61. The Bertz CT molecular complexity index is 671. The first-order valence-electron chi connectivity index (χ1n) is 7.29. The summed E-state index contributed by atoms with van der Waals surface area (Å²) in [7, 11) is 0. The van der Waals surface area contributed by atoms with E-state index in [4.69, 9.17) is 11.6 Å². The minimum absolute atomic E-state index is 0.0717. The van der Waals surface area contributed by atoms with Crippen molar-refractivity contribution in [1.29, 1.82) is 0 Å². The van der Waals surface area contributed by atoms with E-state index in [0.717, 1.165) is 5.56 Å². The van der Waals surface area contributed by atoms with Crippen molar-refractivity contribution in [3.63, 3.8) is 0 Å². The molecule has 2 aromatic carbocycles. The largest absolute Gasteiger partial charge is 0.385 e. The van der Waals surface area contributed by atoms with Crippen molar-refractivity contribution in [2.75, 3.05) is 5.32 Å². The number of alkyl halides is 2. The Balaban J connectivity index is 2.07. The molecule has 2 amide bonds. The van der Waals surface area contributed by atoms with Crippen LogP contribution >= 0.6 is 11.6 Å². The molecule has 0 heterocycles. The number of carbonyl (C=O) groups is 1. The molecule has 128 valence electrons. The van der Waals surface area contributed by atoms with Crippen LogP contribution in [-0.4, -0.2) is 29.7 Å². The fraction of sp³-hybridized carbons (Fsp3) is 0.235. The van der Waals surface area contributed by atoms with Gasteiger partial charge in [0.1, 0.15) is 6.10 Å². The molecule has 2 rings (SSSR count). The lowest BCUT2D eigenvalue weighted by Crippen LogP contribution is -2.49. The number of amides is 2. The number of hydrogen-bond donors (Lipinski definition) is 3. The average molecular weight is 355 g/mol. The number of para-hydroxylation sites is 1. The highest BCUT2D eigenvalue weighted by atomic mass is 35.5. The number of hydrogen-bond acceptors (Lipinski definition) is 2. The number of benzene rings is 2. The van der Waals surface area contributed by atoms with Crippen LogP contribution in [0.2, 0.25) is 5.02 Å². The third-order valence-corrected chi connectivity index (χ3v) is 3.74. The van der Waals surface area contributed by atoms with Crippen molar-refractivity contribution < 1.29 is 18.7 Å². The van der Waals surface area contributed by atoms with Crippen LogP contribution in [-0.2, 0) is 6.42 Å². The minimum atomic E-state index is -2.97. The smallest absolute Gasteiger partial charge is 0.319 e. The molecule has 3 N–H and O–H groups in total. The monoisotopic (exact) mass is 354 g/mol. The molecule has 24 heavy (non-hydrogen) atoms. The summed E-state index contributed by atoms with van der Waals surface area (Å²) in [5.74, 6) is 0. The molecule has 4 nitrogen and oxygen atoms in total. The van der Waals surface area contributed by atoms with Gasteiger partial charge in [-0.05, 0) is 24.1 Å². The Labute approximate surface area is 143 Å². The van der Waals surface area contributed by atoms with E-state index in [1.54, 1.807) is 54.6 Å². The highest BCUT2D eigenvalue weighted by molar-refractivity contribution is 6.33. The average Bonchev–Trinajstić information content (AvgIpc) is 2.56. The quantitative estimate of drug-likeness (QED) is 0.740. The molecular weight excluding hydrogens is 338 g/mol. The number of aliphatic hydroxyl groups excluding tert-OH is 1. The lowest BCUT2D eigenvalue weighted by molar-refractivity contribution is -0.0232. The molecule has 0 spiro atoms. The molecule has 0 saturated carbocycles. The van der Waals surface area contributed by atoms with Crippen LogP contribution in [0.4, 0.5) is 19.3 Å². The first-order valence-corrected chi connectivity index (χ1v) is 7.67. The molecule has 0 aliphatic heterocycles. The summed E-state index contributed by atoms with van der Waals surface area (Å²) in [6, 6.07) is 13.5.